The summed E-state index contributed by atoms with van der Waals surface area (Å²) in [6.45, 7) is 6.65. The maximum absolute atomic E-state index is 13.2. The van der Waals surface area contributed by atoms with Gasteiger partial charge in [0.25, 0.3) is 5.91 Å². The molecule has 1 aliphatic heterocycles. The van der Waals surface area contributed by atoms with Crippen LogP contribution in [0.4, 0.5) is 0 Å². The summed E-state index contributed by atoms with van der Waals surface area (Å²) >= 11 is 0. The van der Waals surface area contributed by atoms with E-state index in [1.165, 1.54) is 31.4 Å². The van der Waals surface area contributed by atoms with Crippen LogP contribution in [0.25, 0.3) is 0 Å². The molecule has 3 rings (SSSR count). The Kier molecular flexibility index (Phi) is 7.02. The van der Waals surface area contributed by atoms with Crippen LogP contribution >= 0.6 is 0 Å². The molecule has 0 bridgehead atoms. The van der Waals surface area contributed by atoms with Crippen LogP contribution in [0.1, 0.15) is 36.0 Å². The fraction of sp³-hybridized carbons (Fsp3) is 0.391. The van der Waals surface area contributed by atoms with Crippen LogP contribution in [0, 0.1) is 0 Å². The van der Waals surface area contributed by atoms with E-state index in [4.69, 9.17) is 13.9 Å². The van der Waals surface area contributed by atoms with Gasteiger partial charge in [0, 0.05) is 18.7 Å². The maximum Gasteiger partial charge on any atom is 0.290 e. The van der Waals surface area contributed by atoms with E-state index in [9.17, 15) is 14.7 Å². The van der Waals surface area contributed by atoms with Crippen molar-refractivity contribution >= 4 is 11.7 Å². The Labute approximate surface area is 181 Å². The molecule has 0 fully saturated rings. The number of hydrogen-bond donors (Lipinski definition) is 1. The van der Waals surface area contributed by atoms with E-state index in [2.05, 4.69) is 4.90 Å². The lowest BCUT2D eigenvalue weighted by atomic mass is 9.94. The Morgan fingerprint density at radius 2 is 1.94 bits per heavy atom. The first kappa shape index (κ1) is 22.4. The Hall–Kier alpha value is -3.26. The summed E-state index contributed by atoms with van der Waals surface area (Å²) in [7, 11) is 3.05. The third-order valence-corrected chi connectivity index (χ3v) is 5.58. The molecule has 31 heavy (non-hydrogen) atoms. The van der Waals surface area contributed by atoms with Crippen molar-refractivity contribution in [3.05, 3.63) is 59.3 Å². The highest BCUT2D eigenvalue weighted by molar-refractivity contribution is 6.15. The molecule has 8 nitrogen and oxygen atoms in total. The van der Waals surface area contributed by atoms with Crippen LogP contribution in [0.15, 0.2) is 52.3 Å². The highest BCUT2D eigenvalue weighted by Crippen LogP contribution is 2.43. The number of ketones is 1. The molecule has 1 aromatic heterocycles. The molecule has 0 unspecified atom stereocenters. The number of amides is 1. The molecule has 0 spiro atoms. The lowest BCUT2D eigenvalue weighted by Crippen LogP contribution is -2.38. The molecule has 0 saturated heterocycles. The highest BCUT2D eigenvalue weighted by atomic mass is 16.5. The molecular weight excluding hydrogens is 400 g/mol. The number of hydrogen-bond acceptors (Lipinski definition) is 7. The topological polar surface area (TPSA) is 92.5 Å². The summed E-state index contributed by atoms with van der Waals surface area (Å²) < 4.78 is 16.1. The average Bonchev–Trinajstić information content (AvgIpc) is 3.41. The van der Waals surface area contributed by atoms with Gasteiger partial charge in [-0.05, 0) is 43.4 Å². The zero-order valence-corrected chi connectivity index (χ0v) is 18.3. The summed E-state index contributed by atoms with van der Waals surface area (Å²) in [4.78, 5) is 30.0. The minimum Gasteiger partial charge on any atom is -0.503 e. The van der Waals surface area contributed by atoms with Gasteiger partial charge in [0.1, 0.15) is 11.5 Å². The molecule has 1 amide bonds. The molecule has 0 aliphatic carbocycles. The van der Waals surface area contributed by atoms with Crippen LogP contribution in [-0.4, -0.2) is 67.0 Å². The highest BCUT2D eigenvalue weighted by Gasteiger charge is 2.45. The summed E-state index contributed by atoms with van der Waals surface area (Å²) in [6.07, 6.45) is 1.38. The number of furan rings is 1. The summed E-state index contributed by atoms with van der Waals surface area (Å²) in [5, 5.41) is 10.7. The molecular formula is C23H28N2O6. The minimum absolute atomic E-state index is 0.0361. The van der Waals surface area contributed by atoms with Crippen molar-refractivity contribution in [1.82, 2.24) is 9.80 Å². The largest absolute Gasteiger partial charge is 0.503 e. The standard InChI is InChI=1S/C23H28N2O6/c1-5-24(6-2)11-12-25-20(16-14-15(29-3)9-10-17(16)30-4)19(22(27)23(25)28)21(26)18-8-7-13-31-18/h7-10,13-14,20,27H,5-6,11-12H2,1-4H3/t20-/m0/s1. The van der Waals surface area contributed by atoms with Gasteiger partial charge >= 0.3 is 0 Å². The van der Waals surface area contributed by atoms with Crippen molar-refractivity contribution in [3.8, 4) is 11.5 Å². The number of ether oxygens (including phenoxy) is 2. The molecule has 2 aromatic rings. The molecule has 2 heterocycles. The fourth-order valence-corrected chi connectivity index (χ4v) is 3.82. The lowest BCUT2D eigenvalue weighted by Gasteiger charge is -2.30. The Morgan fingerprint density at radius 1 is 1.19 bits per heavy atom. The van der Waals surface area contributed by atoms with Crippen molar-refractivity contribution in [2.45, 2.75) is 19.9 Å². The SMILES string of the molecule is CCN(CC)CCN1C(=O)C(O)=C(C(=O)c2ccco2)[C@@H]1c1cc(OC)ccc1OC. The van der Waals surface area contributed by atoms with Crippen molar-refractivity contribution in [2.75, 3.05) is 40.4 Å². The number of nitrogens with zero attached hydrogens (tertiary/aromatic N) is 2. The number of rotatable bonds is 10. The Balaban J connectivity index is 2.11. The number of carbonyl (C=O) groups excluding carboxylic acids is 2. The van der Waals surface area contributed by atoms with Gasteiger partial charge in [-0.1, -0.05) is 13.8 Å². The second-order valence-corrected chi connectivity index (χ2v) is 7.10. The number of aliphatic hydroxyl groups is 1. The molecule has 1 aliphatic rings. The van der Waals surface area contributed by atoms with E-state index in [0.29, 0.717) is 30.2 Å². The van der Waals surface area contributed by atoms with E-state index in [1.54, 1.807) is 24.3 Å². The third kappa shape index (κ3) is 4.29. The number of benzene rings is 1. The first-order chi connectivity index (χ1) is 15.0. The number of carbonyl (C=O) groups is 2. The van der Waals surface area contributed by atoms with Crippen LogP contribution in [0.3, 0.4) is 0 Å². The van der Waals surface area contributed by atoms with Gasteiger partial charge in [-0.3, -0.25) is 9.59 Å². The Bertz CT molecular complexity index is 962. The normalized spacial score (nSPS) is 16.4. The second kappa shape index (κ2) is 9.70. The van der Waals surface area contributed by atoms with Gasteiger partial charge in [-0.25, -0.2) is 0 Å². The van der Waals surface area contributed by atoms with Crippen LogP contribution in [0.5, 0.6) is 11.5 Å². The number of likely N-dealkylation sites (N-methyl/N-ethyl adjacent to an activating group) is 1. The molecule has 1 aromatic carbocycles. The summed E-state index contributed by atoms with van der Waals surface area (Å²) in [5.41, 5.74) is 0.514. The van der Waals surface area contributed by atoms with Gasteiger partial charge in [-0.2, -0.15) is 0 Å². The molecule has 1 N–H and O–H groups in total. The van der Waals surface area contributed by atoms with E-state index < -0.39 is 23.5 Å². The van der Waals surface area contributed by atoms with Gasteiger partial charge in [0.2, 0.25) is 5.78 Å². The van der Waals surface area contributed by atoms with Crippen molar-refractivity contribution in [1.29, 1.82) is 0 Å². The zero-order chi connectivity index (χ0) is 22.5. The Morgan fingerprint density at radius 3 is 2.52 bits per heavy atom. The molecule has 166 valence electrons. The van der Waals surface area contributed by atoms with Crippen molar-refractivity contribution < 1.29 is 28.6 Å². The maximum atomic E-state index is 13.2. The van der Waals surface area contributed by atoms with E-state index in [0.717, 1.165) is 13.1 Å². The number of Topliss-reactive ketones (excluding diaryl/α,β-unsaturated/α-hetero) is 1. The van der Waals surface area contributed by atoms with Crippen LogP contribution < -0.4 is 9.47 Å². The molecule has 0 saturated carbocycles. The summed E-state index contributed by atoms with van der Waals surface area (Å²) in [5.74, 6) is -0.648. The summed E-state index contributed by atoms with van der Waals surface area (Å²) in [6, 6.07) is 7.41. The monoisotopic (exact) mass is 428 g/mol. The van der Waals surface area contributed by atoms with Gasteiger partial charge in [-0.15, -0.1) is 0 Å². The van der Waals surface area contributed by atoms with Gasteiger partial charge in [0.15, 0.2) is 11.5 Å². The third-order valence-electron chi connectivity index (χ3n) is 5.58. The van der Waals surface area contributed by atoms with Crippen molar-refractivity contribution in [2.24, 2.45) is 0 Å². The van der Waals surface area contributed by atoms with E-state index >= 15 is 0 Å². The van der Waals surface area contributed by atoms with E-state index in [-0.39, 0.29) is 11.3 Å². The first-order valence-corrected chi connectivity index (χ1v) is 10.2. The first-order valence-electron chi connectivity index (χ1n) is 10.2. The second-order valence-electron chi connectivity index (χ2n) is 7.10. The average molecular weight is 428 g/mol. The van der Waals surface area contributed by atoms with Crippen molar-refractivity contribution in [3.63, 3.8) is 0 Å². The minimum atomic E-state index is -0.842. The van der Waals surface area contributed by atoms with Crippen LogP contribution in [0.2, 0.25) is 0 Å². The lowest BCUT2D eigenvalue weighted by molar-refractivity contribution is -0.129. The number of aliphatic hydroxyl groups excluding tert-OH is 1. The van der Waals surface area contributed by atoms with E-state index in [1.807, 2.05) is 13.8 Å². The van der Waals surface area contributed by atoms with Gasteiger partial charge < -0.3 is 28.8 Å². The molecule has 1 atom stereocenters. The zero-order valence-electron chi connectivity index (χ0n) is 18.3. The van der Waals surface area contributed by atoms with Crippen LogP contribution in [-0.2, 0) is 4.79 Å². The quantitative estimate of drug-likeness (QED) is 0.581. The predicted octanol–water partition coefficient (Wildman–Crippen LogP) is 3.22. The smallest absolute Gasteiger partial charge is 0.290 e. The molecule has 0 radical (unpaired) electrons. The predicted molar refractivity (Wildman–Crippen MR) is 114 cm³/mol. The fourth-order valence-electron chi connectivity index (χ4n) is 3.82. The molecule has 8 heteroatoms. The number of methoxy groups -OCH3 is 2. The van der Waals surface area contributed by atoms with Gasteiger partial charge in [0.05, 0.1) is 32.1 Å².